The van der Waals surface area contributed by atoms with E-state index in [1.54, 1.807) is 0 Å². The fourth-order valence-corrected chi connectivity index (χ4v) is 2.93. The number of aryl methyl sites for hydroxylation is 2. The molecule has 2 aromatic carbocycles. The Balaban J connectivity index is 2.02. The molecule has 0 aromatic heterocycles. The van der Waals surface area contributed by atoms with E-state index in [2.05, 4.69) is 56.0 Å². The highest BCUT2D eigenvalue weighted by molar-refractivity contribution is 7.98. The highest BCUT2D eigenvalue weighted by atomic mass is 32.2. The molecule has 20 heavy (non-hydrogen) atoms. The lowest BCUT2D eigenvalue weighted by atomic mass is 10.1. The van der Waals surface area contributed by atoms with Crippen molar-refractivity contribution in [2.45, 2.75) is 24.5 Å². The van der Waals surface area contributed by atoms with Crippen molar-refractivity contribution in [1.82, 2.24) is 0 Å². The average molecular weight is 282 g/mol. The molecule has 0 aliphatic rings. The zero-order valence-electron chi connectivity index (χ0n) is 11.8. The zero-order valence-corrected chi connectivity index (χ0v) is 12.6. The molecule has 2 heteroatoms. The Hall–Kier alpha value is -1.69. The van der Waals surface area contributed by atoms with Crippen LogP contribution in [0, 0.1) is 25.7 Å². The van der Waals surface area contributed by atoms with E-state index in [0.717, 1.165) is 11.3 Å². The Morgan fingerprint density at radius 3 is 2.50 bits per heavy atom. The van der Waals surface area contributed by atoms with E-state index in [1.807, 2.05) is 23.9 Å². The van der Waals surface area contributed by atoms with Gasteiger partial charge in [0, 0.05) is 16.2 Å². The molecule has 0 atom stereocenters. The van der Waals surface area contributed by atoms with Crippen LogP contribution in [0.5, 0.6) is 0 Å². The second kappa shape index (κ2) is 7.19. The first-order chi connectivity index (χ1) is 9.69. The second-order valence-electron chi connectivity index (χ2n) is 4.71. The molecule has 1 N–H and O–H groups in total. The molecule has 2 rings (SSSR count). The summed E-state index contributed by atoms with van der Waals surface area (Å²) >= 11 is 1.86. The van der Waals surface area contributed by atoms with Gasteiger partial charge in [-0.25, -0.2) is 0 Å². The molecule has 1 nitrogen and oxygen atoms in total. The summed E-state index contributed by atoms with van der Waals surface area (Å²) in [5.74, 6) is 6.52. The third-order valence-electron chi connectivity index (χ3n) is 3.00. The number of aliphatic hydroxyl groups excluding tert-OH is 1. The number of thioether (sulfide) groups is 1. The minimum Gasteiger partial charge on any atom is -0.384 e. The molecule has 0 aliphatic carbocycles. The Bertz CT molecular complexity index is 633. The predicted octanol–water partition coefficient (Wildman–Crippen LogP) is 3.94. The van der Waals surface area contributed by atoms with Gasteiger partial charge < -0.3 is 5.11 Å². The highest BCUT2D eigenvalue weighted by Gasteiger charge is 2.01. The maximum atomic E-state index is 8.66. The van der Waals surface area contributed by atoms with Gasteiger partial charge in [0.25, 0.3) is 0 Å². The van der Waals surface area contributed by atoms with E-state index in [-0.39, 0.29) is 6.61 Å². The monoisotopic (exact) mass is 282 g/mol. The summed E-state index contributed by atoms with van der Waals surface area (Å²) in [5, 5.41) is 8.66. The summed E-state index contributed by atoms with van der Waals surface area (Å²) < 4.78 is 0. The van der Waals surface area contributed by atoms with Crippen molar-refractivity contribution in [3.63, 3.8) is 0 Å². The summed E-state index contributed by atoms with van der Waals surface area (Å²) in [6.07, 6.45) is 0. The minimum absolute atomic E-state index is 0.0930. The fourth-order valence-electron chi connectivity index (χ4n) is 1.85. The number of rotatable bonds is 3. The summed E-state index contributed by atoms with van der Waals surface area (Å²) in [7, 11) is 0. The molecule has 2 aromatic rings. The van der Waals surface area contributed by atoms with Crippen molar-refractivity contribution in [1.29, 1.82) is 0 Å². The molecular weight excluding hydrogens is 264 g/mol. The first-order valence-corrected chi connectivity index (χ1v) is 7.56. The van der Waals surface area contributed by atoms with Crippen molar-refractivity contribution >= 4 is 11.8 Å². The quantitative estimate of drug-likeness (QED) is 0.679. The Labute approximate surface area is 125 Å². The molecule has 0 fully saturated rings. The minimum atomic E-state index is -0.0930. The Morgan fingerprint density at radius 1 is 1.05 bits per heavy atom. The van der Waals surface area contributed by atoms with Crippen LogP contribution in [-0.4, -0.2) is 11.7 Å². The van der Waals surface area contributed by atoms with E-state index in [4.69, 9.17) is 5.11 Å². The van der Waals surface area contributed by atoms with Crippen LogP contribution in [0.25, 0.3) is 0 Å². The number of hydrogen-bond donors (Lipinski definition) is 1. The van der Waals surface area contributed by atoms with Crippen molar-refractivity contribution in [3.05, 3.63) is 64.7 Å². The smallest absolute Gasteiger partial charge is 0.104 e. The third-order valence-corrected chi connectivity index (χ3v) is 4.23. The third kappa shape index (κ3) is 4.16. The van der Waals surface area contributed by atoms with Crippen LogP contribution >= 0.6 is 11.8 Å². The van der Waals surface area contributed by atoms with Gasteiger partial charge in [0.05, 0.1) is 0 Å². The number of aliphatic hydroxyl groups is 1. The highest BCUT2D eigenvalue weighted by Crippen LogP contribution is 2.26. The van der Waals surface area contributed by atoms with Crippen molar-refractivity contribution in [2.24, 2.45) is 0 Å². The molecule has 102 valence electrons. The van der Waals surface area contributed by atoms with Crippen LogP contribution in [0.2, 0.25) is 0 Å². The van der Waals surface area contributed by atoms with Crippen LogP contribution in [0.1, 0.15) is 22.3 Å². The van der Waals surface area contributed by atoms with Gasteiger partial charge in [0.1, 0.15) is 6.61 Å². The second-order valence-corrected chi connectivity index (χ2v) is 5.73. The SMILES string of the molecule is Cc1ccc(C)c(SCc2ccc(C#CCO)cc2)c1. The van der Waals surface area contributed by atoms with E-state index in [9.17, 15) is 0 Å². The average Bonchev–Trinajstić information content (AvgIpc) is 2.47. The topological polar surface area (TPSA) is 20.2 Å². The Morgan fingerprint density at radius 2 is 1.80 bits per heavy atom. The maximum absolute atomic E-state index is 8.66. The Kier molecular flexibility index (Phi) is 5.29. The molecular formula is C18H18OS. The molecule has 0 unspecified atom stereocenters. The largest absolute Gasteiger partial charge is 0.384 e. The summed E-state index contributed by atoms with van der Waals surface area (Å²) in [6, 6.07) is 14.8. The zero-order chi connectivity index (χ0) is 14.4. The predicted molar refractivity (Wildman–Crippen MR) is 85.9 cm³/mol. The summed E-state index contributed by atoms with van der Waals surface area (Å²) in [4.78, 5) is 1.34. The van der Waals surface area contributed by atoms with Crippen LogP contribution < -0.4 is 0 Å². The molecule has 0 heterocycles. The lowest BCUT2D eigenvalue weighted by molar-refractivity contribution is 0.350. The molecule has 0 amide bonds. The first-order valence-electron chi connectivity index (χ1n) is 6.58. The summed E-state index contributed by atoms with van der Waals surface area (Å²) in [6.45, 7) is 4.18. The van der Waals surface area contributed by atoms with Crippen molar-refractivity contribution in [3.8, 4) is 11.8 Å². The van der Waals surface area contributed by atoms with Gasteiger partial charge in [0.2, 0.25) is 0 Å². The lowest BCUT2D eigenvalue weighted by Gasteiger charge is -2.07. The molecule has 0 saturated heterocycles. The van der Waals surface area contributed by atoms with Gasteiger partial charge in [0.15, 0.2) is 0 Å². The van der Waals surface area contributed by atoms with E-state index in [1.165, 1.54) is 21.6 Å². The van der Waals surface area contributed by atoms with Gasteiger partial charge in [-0.15, -0.1) is 11.8 Å². The van der Waals surface area contributed by atoms with Gasteiger partial charge in [-0.05, 0) is 43.2 Å². The van der Waals surface area contributed by atoms with E-state index >= 15 is 0 Å². The molecule has 0 bridgehead atoms. The van der Waals surface area contributed by atoms with Gasteiger partial charge in [-0.3, -0.25) is 0 Å². The van der Waals surface area contributed by atoms with Crippen LogP contribution in [-0.2, 0) is 5.75 Å². The normalized spacial score (nSPS) is 9.95. The van der Waals surface area contributed by atoms with Crippen LogP contribution in [0.4, 0.5) is 0 Å². The molecule has 0 spiro atoms. The number of benzene rings is 2. The lowest BCUT2D eigenvalue weighted by Crippen LogP contribution is -1.85. The molecule has 0 aliphatic heterocycles. The van der Waals surface area contributed by atoms with Crippen molar-refractivity contribution < 1.29 is 5.11 Å². The van der Waals surface area contributed by atoms with Gasteiger partial charge in [-0.1, -0.05) is 41.7 Å². The number of hydrogen-bond acceptors (Lipinski definition) is 2. The van der Waals surface area contributed by atoms with E-state index < -0.39 is 0 Å². The van der Waals surface area contributed by atoms with Crippen LogP contribution in [0.3, 0.4) is 0 Å². The van der Waals surface area contributed by atoms with E-state index in [0.29, 0.717) is 0 Å². The summed E-state index contributed by atoms with van der Waals surface area (Å²) in [5.41, 5.74) is 4.85. The van der Waals surface area contributed by atoms with Gasteiger partial charge in [-0.2, -0.15) is 0 Å². The van der Waals surface area contributed by atoms with Gasteiger partial charge >= 0.3 is 0 Å². The first kappa shape index (κ1) is 14.7. The molecule has 0 saturated carbocycles. The standard InChI is InChI=1S/C18H18OS/c1-14-5-6-15(2)18(12-14)20-13-17-9-7-16(8-10-17)4-3-11-19/h5-10,12,19H,11,13H2,1-2H3. The fraction of sp³-hybridized carbons (Fsp3) is 0.222. The maximum Gasteiger partial charge on any atom is 0.104 e. The van der Waals surface area contributed by atoms with Crippen LogP contribution in [0.15, 0.2) is 47.4 Å². The van der Waals surface area contributed by atoms with Crippen molar-refractivity contribution in [2.75, 3.05) is 6.61 Å². The molecule has 0 radical (unpaired) electrons.